The van der Waals surface area contributed by atoms with Gasteiger partial charge in [0.15, 0.2) is 5.96 Å². The largest absolute Gasteiger partial charge is 0.356 e. The Bertz CT molecular complexity index is 430. The number of aliphatic imine (C=N–C) groups is 1. The van der Waals surface area contributed by atoms with Crippen LogP contribution in [0.2, 0.25) is 0 Å². The second kappa shape index (κ2) is 6.88. The van der Waals surface area contributed by atoms with Crippen LogP contribution in [0.5, 0.6) is 0 Å². The van der Waals surface area contributed by atoms with E-state index in [1.807, 2.05) is 0 Å². The van der Waals surface area contributed by atoms with E-state index in [9.17, 15) is 4.79 Å². The van der Waals surface area contributed by atoms with Gasteiger partial charge in [-0.2, -0.15) is 0 Å². The minimum Gasteiger partial charge on any atom is -0.356 e. The molecule has 5 nitrogen and oxygen atoms in total. The average molecular weight is 306 g/mol. The minimum absolute atomic E-state index is 0.0534. The van der Waals surface area contributed by atoms with Crippen LogP contribution >= 0.6 is 0 Å². The summed E-state index contributed by atoms with van der Waals surface area (Å²) in [5, 5.41) is 7.08. The van der Waals surface area contributed by atoms with Gasteiger partial charge in [-0.1, -0.05) is 12.8 Å². The maximum Gasteiger partial charge on any atom is 0.243 e. The second-order valence-electron chi connectivity index (χ2n) is 7.56. The van der Waals surface area contributed by atoms with Gasteiger partial charge in [-0.3, -0.25) is 4.79 Å². The fourth-order valence-corrected chi connectivity index (χ4v) is 3.98. The van der Waals surface area contributed by atoms with Crippen molar-refractivity contribution in [1.82, 2.24) is 15.5 Å². The predicted octanol–water partition coefficient (Wildman–Crippen LogP) is 1.60. The molecule has 124 valence electrons. The number of nitrogens with one attached hydrogen (secondary N) is 2. The van der Waals surface area contributed by atoms with E-state index < -0.39 is 0 Å². The SMILES string of the molecule is CN(C)C(=O)CN=C(NCC1CCC1)NC1CC2CCC1C2. The molecule has 0 saturated heterocycles. The molecule has 0 heterocycles. The Morgan fingerprint density at radius 2 is 2.00 bits per heavy atom. The molecule has 22 heavy (non-hydrogen) atoms. The number of hydrogen-bond donors (Lipinski definition) is 2. The summed E-state index contributed by atoms with van der Waals surface area (Å²) in [6.07, 6.45) is 9.42. The summed E-state index contributed by atoms with van der Waals surface area (Å²) in [5.41, 5.74) is 0. The summed E-state index contributed by atoms with van der Waals surface area (Å²) in [7, 11) is 3.56. The summed E-state index contributed by atoms with van der Waals surface area (Å²) in [4.78, 5) is 17.9. The van der Waals surface area contributed by atoms with Crippen molar-refractivity contribution in [3.63, 3.8) is 0 Å². The highest BCUT2D eigenvalue weighted by Gasteiger charge is 2.39. The number of guanidine groups is 1. The number of amides is 1. The first-order chi connectivity index (χ1) is 10.6. The lowest BCUT2D eigenvalue weighted by atomic mass is 9.85. The van der Waals surface area contributed by atoms with Crippen molar-refractivity contribution >= 4 is 11.9 Å². The van der Waals surface area contributed by atoms with Gasteiger partial charge in [0.05, 0.1) is 0 Å². The molecule has 3 atom stereocenters. The van der Waals surface area contributed by atoms with Gasteiger partial charge in [0.25, 0.3) is 0 Å². The van der Waals surface area contributed by atoms with Gasteiger partial charge >= 0.3 is 0 Å². The van der Waals surface area contributed by atoms with Crippen LogP contribution in [0.3, 0.4) is 0 Å². The van der Waals surface area contributed by atoms with E-state index >= 15 is 0 Å². The molecule has 3 fully saturated rings. The van der Waals surface area contributed by atoms with E-state index in [1.165, 1.54) is 44.9 Å². The van der Waals surface area contributed by atoms with Crippen LogP contribution in [0.25, 0.3) is 0 Å². The summed E-state index contributed by atoms with van der Waals surface area (Å²) < 4.78 is 0. The van der Waals surface area contributed by atoms with Gasteiger partial charge in [0, 0.05) is 26.7 Å². The third-order valence-corrected chi connectivity index (χ3v) is 5.71. The molecule has 2 bridgehead atoms. The Morgan fingerprint density at radius 1 is 1.18 bits per heavy atom. The molecule has 0 spiro atoms. The van der Waals surface area contributed by atoms with Crippen LogP contribution < -0.4 is 10.6 Å². The van der Waals surface area contributed by atoms with Gasteiger partial charge in [0.1, 0.15) is 6.54 Å². The molecule has 3 unspecified atom stereocenters. The molecule has 0 aromatic carbocycles. The van der Waals surface area contributed by atoms with Gasteiger partial charge in [-0.25, -0.2) is 4.99 Å². The lowest BCUT2D eigenvalue weighted by Crippen LogP contribution is -2.47. The Hall–Kier alpha value is -1.26. The molecule has 2 N–H and O–H groups in total. The summed E-state index contributed by atoms with van der Waals surface area (Å²) >= 11 is 0. The normalized spacial score (nSPS) is 31.0. The first-order valence-corrected chi connectivity index (χ1v) is 8.87. The molecule has 3 saturated carbocycles. The Morgan fingerprint density at radius 3 is 2.55 bits per heavy atom. The lowest BCUT2D eigenvalue weighted by molar-refractivity contribution is -0.127. The number of nitrogens with zero attached hydrogens (tertiary/aromatic N) is 2. The van der Waals surface area contributed by atoms with Gasteiger partial charge < -0.3 is 15.5 Å². The van der Waals surface area contributed by atoms with Crippen molar-refractivity contribution in [2.75, 3.05) is 27.2 Å². The third kappa shape index (κ3) is 3.73. The maximum absolute atomic E-state index is 11.8. The van der Waals surface area contributed by atoms with Crippen molar-refractivity contribution < 1.29 is 4.79 Å². The molecule has 0 aromatic heterocycles. The van der Waals surface area contributed by atoms with E-state index in [-0.39, 0.29) is 12.5 Å². The zero-order chi connectivity index (χ0) is 15.5. The monoisotopic (exact) mass is 306 g/mol. The third-order valence-electron chi connectivity index (χ3n) is 5.71. The predicted molar refractivity (Wildman–Crippen MR) is 88.7 cm³/mol. The van der Waals surface area contributed by atoms with Crippen molar-refractivity contribution in [3.05, 3.63) is 0 Å². The highest BCUT2D eigenvalue weighted by atomic mass is 16.2. The fraction of sp³-hybridized carbons (Fsp3) is 0.882. The Balaban J connectivity index is 1.54. The standard InChI is InChI=1S/C17H30N4O/c1-21(2)16(22)11-19-17(18-10-12-4-3-5-12)20-15-9-13-6-7-14(15)8-13/h12-15H,3-11H2,1-2H3,(H2,18,19,20). The molecule has 5 heteroatoms. The lowest BCUT2D eigenvalue weighted by Gasteiger charge is -2.29. The zero-order valence-electron chi connectivity index (χ0n) is 14.0. The van der Waals surface area contributed by atoms with Crippen LogP contribution in [0, 0.1) is 17.8 Å². The minimum atomic E-state index is 0.0534. The average Bonchev–Trinajstić information content (AvgIpc) is 3.04. The number of carbonyl (C=O) groups is 1. The van der Waals surface area contributed by atoms with E-state index in [0.717, 1.165) is 30.3 Å². The van der Waals surface area contributed by atoms with Crippen LogP contribution in [-0.2, 0) is 4.79 Å². The van der Waals surface area contributed by atoms with Crippen LogP contribution in [0.4, 0.5) is 0 Å². The summed E-state index contributed by atoms with van der Waals surface area (Å²) in [6.45, 7) is 1.22. The van der Waals surface area contributed by atoms with Crippen molar-refractivity contribution in [1.29, 1.82) is 0 Å². The number of likely N-dealkylation sites (N-methyl/N-ethyl adjacent to an activating group) is 1. The quantitative estimate of drug-likeness (QED) is 0.599. The Labute approximate surface area is 133 Å². The summed E-state index contributed by atoms with van der Waals surface area (Å²) in [5.74, 6) is 3.41. The van der Waals surface area contributed by atoms with Crippen LogP contribution in [-0.4, -0.2) is 50.0 Å². The molecule has 3 aliphatic carbocycles. The zero-order valence-corrected chi connectivity index (χ0v) is 14.0. The molecule has 0 radical (unpaired) electrons. The number of carbonyl (C=O) groups excluding carboxylic acids is 1. The Kier molecular flexibility index (Phi) is 4.89. The number of fused-ring (bicyclic) bond motifs is 2. The molecule has 1 amide bonds. The van der Waals surface area contributed by atoms with E-state index in [0.29, 0.717) is 6.04 Å². The number of rotatable bonds is 5. The topological polar surface area (TPSA) is 56.7 Å². The maximum atomic E-state index is 11.8. The van der Waals surface area contributed by atoms with Crippen molar-refractivity contribution in [2.24, 2.45) is 22.7 Å². The first kappa shape index (κ1) is 15.6. The van der Waals surface area contributed by atoms with Crippen LogP contribution in [0.15, 0.2) is 4.99 Å². The molecular weight excluding hydrogens is 276 g/mol. The van der Waals surface area contributed by atoms with E-state index in [2.05, 4.69) is 15.6 Å². The fourth-order valence-electron chi connectivity index (χ4n) is 3.98. The van der Waals surface area contributed by atoms with Gasteiger partial charge in [-0.05, 0) is 49.9 Å². The van der Waals surface area contributed by atoms with Gasteiger partial charge in [-0.15, -0.1) is 0 Å². The molecule has 3 aliphatic rings. The van der Waals surface area contributed by atoms with E-state index in [1.54, 1.807) is 19.0 Å². The second-order valence-corrected chi connectivity index (χ2v) is 7.56. The van der Waals surface area contributed by atoms with Crippen LogP contribution in [0.1, 0.15) is 44.9 Å². The van der Waals surface area contributed by atoms with Crippen molar-refractivity contribution in [2.45, 2.75) is 51.0 Å². The molecule has 0 aromatic rings. The molecule has 3 rings (SSSR count). The van der Waals surface area contributed by atoms with Gasteiger partial charge in [0.2, 0.25) is 5.91 Å². The highest BCUT2D eigenvalue weighted by Crippen LogP contribution is 2.44. The molecular formula is C17H30N4O. The highest BCUT2D eigenvalue weighted by molar-refractivity contribution is 5.85. The smallest absolute Gasteiger partial charge is 0.243 e. The first-order valence-electron chi connectivity index (χ1n) is 8.87. The van der Waals surface area contributed by atoms with Crippen molar-refractivity contribution in [3.8, 4) is 0 Å². The van der Waals surface area contributed by atoms with E-state index in [4.69, 9.17) is 0 Å². The number of hydrogen-bond acceptors (Lipinski definition) is 2. The molecule has 0 aliphatic heterocycles. The summed E-state index contributed by atoms with van der Waals surface area (Å²) in [6, 6.07) is 0.556.